The van der Waals surface area contributed by atoms with Gasteiger partial charge in [0.2, 0.25) is 11.9 Å². The van der Waals surface area contributed by atoms with Crippen LogP contribution in [0.1, 0.15) is 45.4 Å². The first-order valence-corrected chi connectivity index (χ1v) is 10.1. The van der Waals surface area contributed by atoms with Crippen LogP contribution in [0.2, 0.25) is 0 Å². The largest absolute Gasteiger partial charge is 0.353 e. The van der Waals surface area contributed by atoms with Crippen molar-refractivity contribution in [3.63, 3.8) is 0 Å². The molecule has 7 nitrogen and oxygen atoms in total. The van der Waals surface area contributed by atoms with Crippen LogP contribution in [0, 0.1) is 11.8 Å². The monoisotopic (exact) mass is 368 g/mol. The van der Waals surface area contributed by atoms with Crippen LogP contribution in [-0.4, -0.2) is 45.2 Å². The van der Waals surface area contributed by atoms with Crippen molar-refractivity contribution in [3.8, 4) is 5.69 Å². The van der Waals surface area contributed by atoms with Crippen LogP contribution < -0.4 is 10.2 Å². The number of anilines is 1. The van der Waals surface area contributed by atoms with Gasteiger partial charge in [0.15, 0.2) is 0 Å². The Balaban J connectivity index is 1.36. The Morgan fingerprint density at radius 1 is 1.07 bits per heavy atom. The molecular weight excluding hydrogens is 340 g/mol. The predicted molar refractivity (Wildman–Crippen MR) is 104 cm³/mol. The molecule has 2 atom stereocenters. The van der Waals surface area contributed by atoms with Crippen molar-refractivity contribution < 1.29 is 4.79 Å². The van der Waals surface area contributed by atoms with Crippen molar-refractivity contribution in [1.29, 1.82) is 0 Å². The fourth-order valence-corrected chi connectivity index (χ4v) is 4.29. The molecule has 4 rings (SSSR count). The van der Waals surface area contributed by atoms with Crippen LogP contribution in [0.4, 0.5) is 5.95 Å². The lowest BCUT2D eigenvalue weighted by atomic mass is 9.85. The molecule has 2 fully saturated rings. The van der Waals surface area contributed by atoms with E-state index in [1.807, 2.05) is 30.3 Å². The van der Waals surface area contributed by atoms with Crippen LogP contribution in [-0.2, 0) is 4.79 Å². The molecule has 0 bridgehead atoms. The van der Waals surface area contributed by atoms with Crippen molar-refractivity contribution in [2.45, 2.75) is 51.5 Å². The van der Waals surface area contributed by atoms with E-state index in [2.05, 4.69) is 32.7 Å². The lowest BCUT2D eigenvalue weighted by Gasteiger charge is -2.34. The van der Waals surface area contributed by atoms with Gasteiger partial charge in [-0.15, -0.1) is 0 Å². The third-order valence-electron chi connectivity index (χ3n) is 6.04. The van der Waals surface area contributed by atoms with E-state index in [-0.39, 0.29) is 11.8 Å². The first-order chi connectivity index (χ1) is 13.2. The minimum atomic E-state index is 0.0939. The molecule has 7 heteroatoms. The molecule has 1 amide bonds. The highest BCUT2D eigenvalue weighted by Crippen LogP contribution is 2.26. The molecule has 1 aliphatic heterocycles. The molecule has 144 valence electrons. The van der Waals surface area contributed by atoms with Gasteiger partial charge in [0, 0.05) is 25.0 Å². The zero-order valence-electron chi connectivity index (χ0n) is 15.9. The number of nitrogens with zero attached hydrogens (tertiary/aromatic N) is 5. The molecule has 0 radical (unpaired) electrons. The average Bonchev–Trinajstić information content (AvgIpc) is 3.20. The van der Waals surface area contributed by atoms with E-state index in [9.17, 15) is 4.79 Å². The van der Waals surface area contributed by atoms with Crippen LogP contribution in [0.5, 0.6) is 0 Å². The zero-order valence-corrected chi connectivity index (χ0v) is 15.9. The molecular formula is C20H28N6O. The Morgan fingerprint density at radius 2 is 1.81 bits per heavy atom. The number of amides is 1. The number of piperidine rings is 1. The molecule has 0 unspecified atom stereocenters. The van der Waals surface area contributed by atoms with Gasteiger partial charge in [0.05, 0.1) is 5.69 Å². The third-order valence-corrected chi connectivity index (χ3v) is 6.04. The first kappa shape index (κ1) is 17.9. The van der Waals surface area contributed by atoms with Crippen molar-refractivity contribution in [3.05, 3.63) is 30.3 Å². The fourth-order valence-electron chi connectivity index (χ4n) is 4.29. The number of para-hydroxylation sites is 1. The Morgan fingerprint density at radius 3 is 2.56 bits per heavy atom. The normalized spacial score (nSPS) is 24.0. The maximum Gasteiger partial charge on any atom is 0.250 e. The third kappa shape index (κ3) is 3.96. The summed E-state index contributed by atoms with van der Waals surface area (Å²) in [4.78, 5) is 14.9. The summed E-state index contributed by atoms with van der Waals surface area (Å²) in [6.07, 6.45) is 6.56. The molecule has 0 spiro atoms. The molecule has 1 aromatic heterocycles. The second kappa shape index (κ2) is 8.06. The minimum Gasteiger partial charge on any atom is -0.353 e. The molecule has 27 heavy (non-hydrogen) atoms. The van der Waals surface area contributed by atoms with Gasteiger partial charge in [0.1, 0.15) is 0 Å². The van der Waals surface area contributed by atoms with Crippen molar-refractivity contribution in [1.82, 2.24) is 25.5 Å². The quantitative estimate of drug-likeness (QED) is 0.898. The maximum absolute atomic E-state index is 12.7. The summed E-state index contributed by atoms with van der Waals surface area (Å²) in [5, 5.41) is 15.5. The zero-order chi connectivity index (χ0) is 18.6. The number of benzene rings is 1. The summed E-state index contributed by atoms with van der Waals surface area (Å²) in [5.41, 5.74) is 0.948. The van der Waals surface area contributed by atoms with E-state index in [0.717, 1.165) is 44.0 Å². The summed E-state index contributed by atoms with van der Waals surface area (Å²) in [6.45, 7) is 3.85. The molecule has 1 N–H and O–H groups in total. The Bertz CT molecular complexity index is 753. The predicted octanol–water partition coefficient (Wildman–Crippen LogP) is 2.57. The van der Waals surface area contributed by atoms with Gasteiger partial charge in [-0.25, -0.2) is 0 Å². The molecule has 1 aliphatic carbocycles. The van der Waals surface area contributed by atoms with E-state index in [1.165, 1.54) is 19.3 Å². The maximum atomic E-state index is 12.7. The fraction of sp³-hybridized carbons (Fsp3) is 0.600. The second-order valence-electron chi connectivity index (χ2n) is 7.86. The Kier molecular flexibility index (Phi) is 5.36. The minimum absolute atomic E-state index is 0.0939. The van der Waals surface area contributed by atoms with Crippen molar-refractivity contribution in [2.75, 3.05) is 18.0 Å². The number of nitrogens with one attached hydrogen (secondary N) is 1. The molecule has 1 saturated heterocycles. The highest BCUT2D eigenvalue weighted by atomic mass is 16.2. The standard InChI is InChI=1S/C20H28N6O/c1-15-7-5-6-10-18(15)21-19(27)16-11-13-25(14-12-16)20-22-23-24-26(20)17-8-3-2-4-9-17/h2-4,8-9,15-16,18H,5-7,10-14H2,1H3,(H,21,27)/t15-,18+/m0/s1. The lowest BCUT2D eigenvalue weighted by Crippen LogP contribution is -2.47. The molecule has 1 saturated carbocycles. The average molecular weight is 368 g/mol. The van der Waals surface area contributed by atoms with Gasteiger partial charge in [-0.05, 0) is 54.2 Å². The number of carbonyl (C=O) groups excluding carboxylic acids is 1. The number of tetrazole rings is 1. The summed E-state index contributed by atoms with van der Waals surface area (Å²) in [7, 11) is 0. The number of rotatable bonds is 4. The van der Waals surface area contributed by atoms with Gasteiger partial charge in [0.25, 0.3) is 0 Å². The molecule has 2 heterocycles. The topological polar surface area (TPSA) is 75.9 Å². The first-order valence-electron chi connectivity index (χ1n) is 10.1. The van der Waals surface area contributed by atoms with Gasteiger partial charge in [-0.1, -0.05) is 43.1 Å². The molecule has 2 aromatic rings. The van der Waals surface area contributed by atoms with E-state index >= 15 is 0 Å². The van der Waals surface area contributed by atoms with Crippen LogP contribution in [0.15, 0.2) is 30.3 Å². The van der Waals surface area contributed by atoms with Gasteiger partial charge >= 0.3 is 0 Å². The number of hydrogen-bond acceptors (Lipinski definition) is 5. The van der Waals surface area contributed by atoms with E-state index in [0.29, 0.717) is 12.0 Å². The number of hydrogen-bond donors (Lipinski definition) is 1. The van der Waals surface area contributed by atoms with Crippen LogP contribution in [0.3, 0.4) is 0 Å². The summed E-state index contributed by atoms with van der Waals surface area (Å²) in [6, 6.07) is 10.3. The number of aromatic nitrogens is 4. The summed E-state index contributed by atoms with van der Waals surface area (Å²) < 4.78 is 1.77. The SMILES string of the molecule is C[C@H]1CCCC[C@H]1NC(=O)C1CCN(c2nnnn2-c2ccccc2)CC1. The van der Waals surface area contributed by atoms with Crippen LogP contribution in [0.25, 0.3) is 5.69 Å². The van der Waals surface area contributed by atoms with Gasteiger partial charge in [-0.2, -0.15) is 4.68 Å². The smallest absolute Gasteiger partial charge is 0.250 e. The van der Waals surface area contributed by atoms with E-state index < -0.39 is 0 Å². The second-order valence-corrected chi connectivity index (χ2v) is 7.86. The van der Waals surface area contributed by atoms with Crippen LogP contribution >= 0.6 is 0 Å². The summed E-state index contributed by atoms with van der Waals surface area (Å²) in [5.74, 6) is 1.67. The van der Waals surface area contributed by atoms with E-state index in [1.54, 1.807) is 4.68 Å². The van der Waals surface area contributed by atoms with Crippen molar-refractivity contribution in [2.24, 2.45) is 11.8 Å². The van der Waals surface area contributed by atoms with E-state index in [4.69, 9.17) is 0 Å². The number of carbonyl (C=O) groups is 1. The van der Waals surface area contributed by atoms with Crippen molar-refractivity contribution >= 4 is 11.9 Å². The summed E-state index contributed by atoms with van der Waals surface area (Å²) >= 11 is 0. The lowest BCUT2D eigenvalue weighted by molar-refractivity contribution is -0.126. The van der Waals surface area contributed by atoms with Gasteiger partial charge < -0.3 is 10.2 Å². The molecule has 2 aliphatic rings. The highest BCUT2D eigenvalue weighted by Gasteiger charge is 2.30. The molecule has 1 aromatic carbocycles. The van der Waals surface area contributed by atoms with Gasteiger partial charge in [-0.3, -0.25) is 4.79 Å². The Hall–Kier alpha value is -2.44. The highest BCUT2D eigenvalue weighted by molar-refractivity contribution is 5.79. The Labute approximate surface area is 160 Å².